The zero-order chi connectivity index (χ0) is 24.8. The van der Waals surface area contributed by atoms with Crippen molar-refractivity contribution in [2.45, 2.75) is 26.7 Å². The van der Waals surface area contributed by atoms with Gasteiger partial charge in [-0.25, -0.2) is 0 Å². The van der Waals surface area contributed by atoms with E-state index in [9.17, 15) is 14.4 Å². The van der Waals surface area contributed by atoms with Crippen molar-refractivity contribution < 1.29 is 19.1 Å². The van der Waals surface area contributed by atoms with Crippen LogP contribution in [0.15, 0.2) is 42.5 Å². The Morgan fingerprint density at radius 3 is 2.63 bits per heavy atom. The number of para-hydroxylation sites is 1. The summed E-state index contributed by atoms with van der Waals surface area (Å²) in [6.45, 7) is 9.15. The standard InChI is InChI=1S/C27H34N4O4/c1-19-7-5-10-24(20(19)2)31-18-21(17-25(31)32)26(33)29-23-9-4-3-8-22(23)27(34)28-11-6-12-30-13-15-35-16-14-30/h3-5,7-10,21H,6,11-18H2,1-2H3,(H,28,34)(H,29,33)/t21-/m0/s1. The molecule has 0 aromatic heterocycles. The van der Waals surface area contributed by atoms with E-state index < -0.39 is 5.92 Å². The monoisotopic (exact) mass is 478 g/mol. The average Bonchev–Trinajstić information content (AvgIpc) is 3.26. The Morgan fingerprint density at radius 1 is 1.06 bits per heavy atom. The van der Waals surface area contributed by atoms with Crippen LogP contribution in [0, 0.1) is 19.8 Å². The van der Waals surface area contributed by atoms with Gasteiger partial charge in [-0.1, -0.05) is 24.3 Å². The van der Waals surface area contributed by atoms with Crippen molar-refractivity contribution in [3.8, 4) is 0 Å². The maximum Gasteiger partial charge on any atom is 0.253 e. The van der Waals surface area contributed by atoms with E-state index in [1.54, 1.807) is 29.2 Å². The third-order valence-corrected chi connectivity index (χ3v) is 6.83. The van der Waals surface area contributed by atoms with Crippen LogP contribution in [0.5, 0.6) is 0 Å². The van der Waals surface area contributed by atoms with Crippen molar-refractivity contribution >= 4 is 29.1 Å². The number of hydrogen-bond acceptors (Lipinski definition) is 5. The molecular weight excluding hydrogens is 444 g/mol. The fraction of sp³-hybridized carbons (Fsp3) is 0.444. The number of carbonyl (C=O) groups excluding carboxylic acids is 3. The van der Waals surface area contributed by atoms with Gasteiger partial charge in [0, 0.05) is 38.3 Å². The molecule has 3 amide bonds. The summed E-state index contributed by atoms with van der Waals surface area (Å²) in [7, 11) is 0. The molecule has 4 rings (SSSR count). The molecule has 2 aromatic carbocycles. The molecule has 35 heavy (non-hydrogen) atoms. The van der Waals surface area contributed by atoms with Gasteiger partial charge in [0.2, 0.25) is 11.8 Å². The molecule has 2 aromatic rings. The zero-order valence-corrected chi connectivity index (χ0v) is 20.5. The van der Waals surface area contributed by atoms with Gasteiger partial charge in [0.05, 0.1) is 30.4 Å². The number of amides is 3. The van der Waals surface area contributed by atoms with Crippen LogP contribution in [0.3, 0.4) is 0 Å². The maximum absolute atomic E-state index is 13.1. The summed E-state index contributed by atoms with van der Waals surface area (Å²) < 4.78 is 5.36. The molecule has 0 spiro atoms. The van der Waals surface area contributed by atoms with E-state index >= 15 is 0 Å². The lowest BCUT2D eigenvalue weighted by molar-refractivity contribution is -0.122. The second kappa shape index (κ2) is 11.5. The Bertz CT molecular complexity index is 1080. The van der Waals surface area contributed by atoms with E-state index in [4.69, 9.17) is 4.74 Å². The lowest BCUT2D eigenvalue weighted by Crippen LogP contribution is -2.38. The molecule has 1 atom stereocenters. The molecule has 8 heteroatoms. The highest BCUT2D eigenvalue weighted by Gasteiger charge is 2.36. The first-order valence-corrected chi connectivity index (χ1v) is 12.3. The molecule has 0 bridgehead atoms. The van der Waals surface area contributed by atoms with Gasteiger partial charge in [0.1, 0.15) is 0 Å². The number of aryl methyl sites for hydroxylation is 1. The minimum atomic E-state index is -0.480. The number of nitrogens with zero attached hydrogens (tertiary/aromatic N) is 2. The van der Waals surface area contributed by atoms with Crippen molar-refractivity contribution in [2.75, 3.05) is 56.2 Å². The zero-order valence-electron chi connectivity index (χ0n) is 20.5. The van der Waals surface area contributed by atoms with Gasteiger partial charge in [0.15, 0.2) is 0 Å². The van der Waals surface area contributed by atoms with E-state index in [0.29, 0.717) is 24.3 Å². The predicted octanol–water partition coefficient (Wildman–Crippen LogP) is 2.75. The lowest BCUT2D eigenvalue weighted by Gasteiger charge is -2.26. The fourth-order valence-electron chi connectivity index (χ4n) is 4.59. The molecule has 0 aliphatic carbocycles. The average molecular weight is 479 g/mol. The molecular formula is C27H34N4O4. The highest BCUT2D eigenvalue weighted by molar-refractivity contribution is 6.07. The molecule has 2 aliphatic heterocycles. The molecule has 0 saturated carbocycles. The molecule has 2 heterocycles. The highest BCUT2D eigenvalue weighted by atomic mass is 16.5. The minimum absolute atomic E-state index is 0.0647. The Balaban J connectivity index is 1.33. The van der Waals surface area contributed by atoms with E-state index in [0.717, 1.165) is 56.1 Å². The van der Waals surface area contributed by atoms with Crippen LogP contribution in [0.2, 0.25) is 0 Å². The van der Waals surface area contributed by atoms with Crippen molar-refractivity contribution in [3.05, 3.63) is 59.2 Å². The number of hydrogen-bond donors (Lipinski definition) is 2. The SMILES string of the molecule is Cc1cccc(N2C[C@@H](C(=O)Nc3ccccc3C(=O)NCCCN3CCOCC3)CC2=O)c1C. The van der Waals surface area contributed by atoms with Gasteiger partial charge < -0.3 is 20.3 Å². The molecule has 2 fully saturated rings. The van der Waals surface area contributed by atoms with Crippen LogP contribution >= 0.6 is 0 Å². The van der Waals surface area contributed by atoms with Crippen LogP contribution in [0.25, 0.3) is 0 Å². The highest BCUT2D eigenvalue weighted by Crippen LogP contribution is 2.30. The lowest BCUT2D eigenvalue weighted by atomic mass is 10.1. The summed E-state index contributed by atoms with van der Waals surface area (Å²) >= 11 is 0. The summed E-state index contributed by atoms with van der Waals surface area (Å²) in [5.41, 5.74) is 3.87. The third-order valence-electron chi connectivity index (χ3n) is 6.83. The summed E-state index contributed by atoms with van der Waals surface area (Å²) in [6, 6.07) is 12.8. The number of rotatable bonds is 8. The van der Waals surface area contributed by atoms with E-state index in [-0.39, 0.29) is 24.1 Å². The Kier molecular flexibility index (Phi) is 8.15. The van der Waals surface area contributed by atoms with Crippen LogP contribution in [0.4, 0.5) is 11.4 Å². The van der Waals surface area contributed by atoms with Gasteiger partial charge in [-0.05, 0) is 56.1 Å². The molecule has 2 saturated heterocycles. The minimum Gasteiger partial charge on any atom is -0.379 e. The van der Waals surface area contributed by atoms with Crippen LogP contribution in [-0.4, -0.2) is 68.6 Å². The molecule has 0 radical (unpaired) electrons. The molecule has 186 valence electrons. The van der Waals surface area contributed by atoms with E-state index in [1.807, 2.05) is 32.0 Å². The fourth-order valence-corrected chi connectivity index (χ4v) is 4.59. The molecule has 2 N–H and O–H groups in total. The smallest absolute Gasteiger partial charge is 0.253 e. The van der Waals surface area contributed by atoms with Gasteiger partial charge >= 0.3 is 0 Å². The van der Waals surface area contributed by atoms with E-state index in [2.05, 4.69) is 15.5 Å². The largest absolute Gasteiger partial charge is 0.379 e. The van der Waals surface area contributed by atoms with Crippen molar-refractivity contribution in [1.82, 2.24) is 10.2 Å². The van der Waals surface area contributed by atoms with Crippen LogP contribution in [0.1, 0.15) is 34.3 Å². The molecule has 8 nitrogen and oxygen atoms in total. The number of nitrogens with one attached hydrogen (secondary N) is 2. The Labute approximate surface area is 206 Å². The van der Waals surface area contributed by atoms with E-state index in [1.165, 1.54) is 0 Å². The molecule has 0 unspecified atom stereocenters. The van der Waals surface area contributed by atoms with Gasteiger partial charge in [-0.3, -0.25) is 19.3 Å². The van der Waals surface area contributed by atoms with Gasteiger partial charge in [0.25, 0.3) is 5.91 Å². The second-order valence-corrected chi connectivity index (χ2v) is 9.22. The number of morpholine rings is 1. The topological polar surface area (TPSA) is 91.0 Å². The van der Waals surface area contributed by atoms with Crippen LogP contribution < -0.4 is 15.5 Å². The molecule has 2 aliphatic rings. The first-order chi connectivity index (χ1) is 16.9. The summed E-state index contributed by atoms with van der Waals surface area (Å²) in [6.07, 6.45) is 0.994. The van der Waals surface area contributed by atoms with Gasteiger partial charge in [-0.2, -0.15) is 0 Å². The number of carbonyl (C=O) groups is 3. The quantitative estimate of drug-likeness (QED) is 0.570. The summed E-state index contributed by atoms with van der Waals surface area (Å²) in [5, 5.41) is 5.85. The van der Waals surface area contributed by atoms with Crippen molar-refractivity contribution in [1.29, 1.82) is 0 Å². The first kappa shape index (κ1) is 24.9. The number of anilines is 2. The first-order valence-electron chi connectivity index (χ1n) is 12.3. The Morgan fingerprint density at radius 2 is 1.83 bits per heavy atom. The number of benzene rings is 2. The normalized spacial score (nSPS) is 18.5. The van der Waals surface area contributed by atoms with Crippen LogP contribution in [-0.2, 0) is 14.3 Å². The maximum atomic E-state index is 13.1. The van der Waals surface area contributed by atoms with Crippen molar-refractivity contribution in [2.24, 2.45) is 5.92 Å². The second-order valence-electron chi connectivity index (χ2n) is 9.22. The number of ether oxygens (including phenoxy) is 1. The van der Waals surface area contributed by atoms with Crippen molar-refractivity contribution in [3.63, 3.8) is 0 Å². The summed E-state index contributed by atoms with van der Waals surface area (Å²) in [5.74, 6) is -1.02. The third kappa shape index (κ3) is 6.07. The predicted molar refractivity (Wildman–Crippen MR) is 136 cm³/mol. The van der Waals surface area contributed by atoms with Gasteiger partial charge in [-0.15, -0.1) is 0 Å². The Hall–Kier alpha value is -3.23. The summed E-state index contributed by atoms with van der Waals surface area (Å²) in [4.78, 5) is 42.6.